The third-order valence-corrected chi connectivity index (χ3v) is 3.61. The van der Waals surface area contributed by atoms with Crippen molar-refractivity contribution in [3.05, 3.63) is 23.8 Å². The number of ether oxygens (including phenoxy) is 2. The van der Waals surface area contributed by atoms with Gasteiger partial charge in [0.1, 0.15) is 0 Å². The van der Waals surface area contributed by atoms with Gasteiger partial charge < -0.3 is 19.7 Å². The standard InChI is InChI=1S/C16H24N2O3.ClH/c1-12-4-5-14(15(10-12)20-3)21-9-6-16(19)18-8-7-17-13(2)11-18;/h4-5,10,13,17H,6-9,11H2,1-3H3;1H. The van der Waals surface area contributed by atoms with Gasteiger partial charge in [-0.15, -0.1) is 12.4 Å². The lowest BCUT2D eigenvalue weighted by Crippen LogP contribution is -2.51. The number of hydrogen-bond donors (Lipinski definition) is 1. The predicted octanol–water partition coefficient (Wildman–Crippen LogP) is 2.01. The molecular weight excluding hydrogens is 304 g/mol. The summed E-state index contributed by atoms with van der Waals surface area (Å²) in [6, 6.07) is 6.14. The zero-order valence-corrected chi connectivity index (χ0v) is 14.2. The van der Waals surface area contributed by atoms with E-state index in [1.54, 1.807) is 7.11 Å². The van der Waals surface area contributed by atoms with Gasteiger partial charge in [-0.05, 0) is 31.5 Å². The second-order valence-electron chi connectivity index (χ2n) is 5.45. The van der Waals surface area contributed by atoms with Gasteiger partial charge in [0.25, 0.3) is 0 Å². The Morgan fingerprint density at radius 1 is 1.41 bits per heavy atom. The molecule has 1 heterocycles. The van der Waals surface area contributed by atoms with Crippen molar-refractivity contribution in [3.8, 4) is 11.5 Å². The van der Waals surface area contributed by atoms with Crippen LogP contribution < -0.4 is 14.8 Å². The summed E-state index contributed by atoms with van der Waals surface area (Å²) in [6.07, 6.45) is 0.393. The van der Waals surface area contributed by atoms with E-state index in [1.165, 1.54) is 0 Å². The molecule has 124 valence electrons. The maximum Gasteiger partial charge on any atom is 0.226 e. The third kappa shape index (κ3) is 5.07. The highest BCUT2D eigenvalue weighted by molar-refractivity contribution is 5.85. The molecule has 5 nitrogen and oxygen atoms in total. The normalized spacial score (nSPS) is 17.6. The van der Waals surface area contributed by atoms with E-state index in [-0.39, 0.29) is 18.3 Å². The van der Waals surface area contributed by atoms with Crippen LogP contribution in [0.1, 0.15) is 18.9 Å². The Bertz CT molecular complexity index is 496. The molecule has 1 fully saturated rings. The number of aryl methyl sites for hydroxylation is 1. The summed E-state index contributed by atoms with van der Waals surface area (Å²) in [5.74, 6) is 1.54. The van der Waals surface area contributed by atoms with Crippen LogP contribution in [0.4, 0.5) is 0 Å². The number of piperazine rings is 1. The number of nitrogens with one attached hydrogen (secondary N) is 1. The first-order valence-electron chi connectivity index (χ1n) is 7.38. The van der Waals surface area contributed by atoms with Crippen LogP contribution in [-0.2, 0) is 4.79 Å². The number of carbonyl (C=O) groups is 1. The molecule has 1 aromatic carbocycles. The fourth-order valence-electron chi connectivity index (χ4n) is 2.46. The van der Waals surface area contributed by atoms with Crippen molar-refractivity contribution < 1.29 is 14.3 Å². The Balaban J connectivity index is 0.00000242. The lowest BCUT2D eigenvalue weighted by atomic mass is 10.2. The fraction of sp³-hybridized carbons (Fsp3) is 0.562. The van der Waals surface area contributed by atoms with E-state index in [0.717, 1.165) is 25.2 Å². The first-order valence-corrected chi connectivity index (χ1v) is 7.38. The second kappa shape index (κ2) is 8.86. The number of halogens is 1. The first-order chi connectivity index (χ1) is 10.1. The van der Waals surface area contributed by atoms with Crippen molar-refractivity contribution in [2.45, 2.75) is 26.3 Å². The summed E-state index contributed by atoms with van der Waals surface area (Å²) >= 11 is 0. The quantitative estimate of drug-likeness (QED) is 0.898. The smallest absolute Gasteiger partial charge is 0.226 e. The number of amides is 1. The molecule has 1 amide bonds. The largest absolute Gasteiger partial charge is 0.493 e. The van der Waals surface area contributed by atoms with E-state index in [0.29, 0.717) is 30.6 Å². The maximum absolute atomic E-state index is 12.1. The Morgan fingerprint density at radius 2 is 2.18 bits per heavy atom. The molecule has 1 atom stereocenters. The molecule has 0 radical (unpaired) electrons. The maximum atomic E-state index is 12.1. The van der Waals surface area contributed by atoms with Crippen molar-refractivity contribution >= 4 is 18.3 Å². The highest BCUT2D eigenvalue weighted by Gasteiger charge is 2.20. The molecule has 1 aliphatic rings. The van der Waals surface area contributed by atoms with Crippen molar-refractivity contribution in [1.29, 1.82) is 0 Å². The molecule has 2 rings (SSSR count). The minimum atomic E-state index is 0. The highest BCUT2D eigenvalue weighted by atomic mass is 35.5. The third-order valence-electron chi connectivity index (χ3n) is 3.61. The summed E-state index contributed by atoms with van der Waals surface area (Å²) in [4.78, 5) is 14.0. The number of carbonyl (C=O) groups excluding carboxylic acids is 1. The lowest BCUT2D eigenvalue weighted by Gasteiger charge is -2.32. The fourth-order valence-corrected chi connectivity index (χ4v) is 2.46. The molecule has 22 heavy (non-hydrogen) atoms. The van der Waals surface area contributed by atoms with Gasteiger partial charge >= 0.3 is 0 Å². The second-order valence-corrected chi connectivity index (χ2v) is 5.45. The van der Waals surface area contributed by atoms with E-state index >= 15 is 0 Å². The van der Waals surface area contributed by atoms with Gasteiger partial charge in [-0.2, -0.15) is 0 Å². The van der Waals surface area contributed by atoms with Crippen molar-refractivity contribution in [1.82, 2.24) is 10.2 Å². The molecule has 6 heteroatoms. The molecule has 1 unspecified atom stereocenters. The van der Waals surface area contributed by atoms with Crippen LogP contribution in [0.2, 0.25) is 0 Å². The van der Waals surface area contributed by atoms with Crippen molar-refractivity contribution in [2.75, 3.05) is 33.4 Å². The molecule has 0 aromatic heterocycles. The van der Waals surface area contributed by atoms with Gasteiger partial charge in [0.2, 0.25) is 5.91 Å². The summed E-state index contributed by atoms with van der Waals surface area (Å²) < 4.78 is 11.0. The number of methoxy groups -OCH3 is 1. The Hall–Kier alpha value is -1.46. The molecule has 1 aliphatic heterocycles. The Labute approximate surface area is 138 Å². The van der Waals surface area contributed by atoms with Gasteiger partial charge in [0.05, 0.1) is 20.1 Å². The number of nitrogens with zero attached hydrogens (tertiary/aromatic N) is 1. The van der Waals surface area contributed by atoms with Crippen LogP contribution >= 0.6 is 12.4 Å². The average molecular weight is 329 g/mol. The van der Waals surface area contributed by atoms with E-state index in [4.69, 9.17) is 9.47 Å². The van der Waals surface area contributed by atoms with Gasteiger partial charge in [0, 0.05) is 25.7 Å². The summed E-state index contributed by atoms with van der Waals surface area (Å²) in [6.45, 7) is 6.87. The number of rotatable bonds is 5. The topological polar surface area (TPSA) is 50.8 Å². The van der Waals surface area contributed by atoms with E-state index < -0.39 is 0 Å². The molecule has 1 N–H and O–H groups in total. The molecule has 1 aromatic rings. The minimum Gasteiger partial charge on any atom is -0.493 e. The Kier molecular flexibility index (Phi) is 7.48. The van der Waals surface area contributed by atoms with Crippen molar-refractivity contribution in [2.24, 2.45) is 0 Å². The predicted molar refractivity (Wildman–Crippen MR) is 89.1 cm³/mol. The zero-order valence-electron chi connectivity index (χ0n) is 13.4. The van der Waals surface area contributed by atoms with Crippen molar-refractivity contribution in [3.63, 3.8) is 0 Å². The Morgan fingerprint density at radius 3 is 2.86 bits per heavy atom. The van der Waals surface area contributed by atoms with Crippen LogP contribution in [0.3, 0.4) is 0 Å². The summed E-state index contributed by atoms with van der Waals surface area (Å²) in [5, 5.41) is 3.33. The van der Waals surface area contributed by atoms with E-state index in [9.17, 15) is 4.79 Å². The van der Waals surface area contributed by atoms with Crippen LogP contribution in [0.5, 0.6) is 11.5 Å². The SMILES string of the molecule is COc1cc(C)ccc1OCCC(=O)N1CCNC(C)C1.Cl. The number of benzene rings is 1. The zero-order chi connectivity index (χ0) is 15.2. The van der Waals surface area contributed by atoms with Crippen LogP contribution in [-0.4, -0.2) is 50.2 Å². The van der Waals surface area contributed by atoms with Gasteiger partial charge in [-0.25, -0.2) is 0 Å². The molecule has 0 bridgehead atoms. The summed E-state index contributed by atoms with van der Waals surface area (Å²) in [7, 11) is 1.62. The molecule has 0 spiro atoms. The van der Waals surface area contributed by atoms with Crippen LogP contribution in [0.25, 0.3) is 0 Å². The van der Waals surface area contributed by atoms with Gasteiger partial charge in [-0.3, -0.25) is 4.79 Å². The first kappa shape index (κ1) is 18.6. The monoisotopic (exact) mass is 328 g/mol. The lowest BCUT2D eigenvalue weighted by molar-refractivity contribution is -0.132. The minimum absolute atomic E-state index is 0. The molecule has 0 saturated carbocycles. The van der Waals surface area contributed by atoms with Gasteiger partial charge in [0.15, 0.2) is 11.5 Å². The van der Waals surface area contributed by atoms with Gasteiger partial charge in [-0.1, -0.05) is 6.07 Å². The highest BCUT2D eigenvalue weighted by Crippen LogP contribution is 2.27. The molecular formula is C16H25ClN2O3. The number of hydrogen-bond acceptors (Lipinski definition) is 4. The molecule has 0 aliphatic carbocycles. The molecule has 1 saturated heterocycles. The van der Waals surface area contributed by atoms with E-state index in [2.05, 4.69) is 12.2 Å². The van der Waals surface area contributed by atoms with Crippen LogP contribution in [0.15, 0.2) is 18.2 Å². The average Bonchev–Trinajstić information content (AvgIpc) is 2.48. The van der Waals surface area contributed by atoms with Crippen LogP contribution in [0, 0.1) is 6.92 Å². The summed E-state index contributed by atoms with van der Waals surface area (Å²) in [5.41, 5.74) is 1.12. The van der Waals surface area contributed by atoms with E-state index in [1.807, 2.05) is 30.0 Å².